The van der Waals surface area contributed by atoms with E-state index in [1.54, 1.807) is 0 Å². The Kier molecular flexibility index (Phi) is 7.28. The lowest BCUT2D eigenvalue weighted by atomic mass is 9.53. The lowest BCUT2D eigenvalue weighted by Gasteiger charge is -2.52. The Labute approximate surface area is 135 Å². The molecule has 0 heteroatoms. The second-order valence-electron chi connectivity index (χ2n) is 8.74. The van der Waals surface area contributed by atoms with E-state index in [1.165, 1.54) is 38.5 Å². The van der Waals surface area contributed by atoms with Crippen LogP contribution in [0, 0.1) is 40.9 Å². The van der Waals surface area contributed by atoms with E-state index in [0.29, 0.717) is 5.41 Å². The van der Waals surface area contributed by atoms with Crippen molar-refractivity contribution in [3.05, 3.63) is 0 Å². The maximum atomic E-state index is 2.62. The standard InChI is InChI=1S/C21H42/c1-9-18(10-2)12-16(6)21(8)14-20(15(4)5)19(11-3)13-17(21)7/h15-20H,9-14H2,1-8H3. The Balaban J connectivity index is 2.86. The Hall–Kier alpha value is 0. The summed E-state index contributed by atoms with van der Waals surface area (Å²) in [4.78, 5) is 0. The summed E-state index contributed by atoms with van der Waals surface area (Å²) in [7, 11) is 0. The molecular weight excluding hydrogens is 252 g/mol. The average molecular weight is 295 g/mol. The van der Waals surface area contributed by atoms with E-state index in [9.17, 15) is 0 Å². The topological polar surface area (TPSA) is 0 Å². The Morgan fingerprint density at radius 3 is 2.05 bits per heavy atom. The minimum absolute atomic E-state index is 0.559. The van der Waals surface area contributed by atoms with E-state index < -0.39 is 0 Å². The summed E-state index contributed by atoms with van der Waals surface area (Å²) < 4.78 is 0. The zero-order valence-corrected chi connectivity index (χ0v) is 16.2. The zero-order chi connectivity index (χ0) is 16.2. The molecule has 1 fully saturated rings. The zero-order valence-electron chi connectivity index (χ0n) is 16.2. The smallest absolute Gasteiger partial charge is 0.0271 e. The maximum Gasteiger partial charge on any atom is -0.0271 e. The van der Waals surface area contributed by atoms with Gasteiger partial charge >= 0.3 is 0 Å². The first-order valence-electron chi connectivity index (χ1n) is 9.79. The van der Waals surface area contributed by atoms with Crippen LogP contribution in [0.3, 0.4) is 0 Å². The fourth-order valence-electron chi connectivity index (χ4n) is 5.10. The minimum Gasteiger partial charge on any atom is -0.0651 e. The fraction of sp³-hybridized carbons (Fsp3) is 1.00. The average Bonchev–Trinajstić information content (AvgIpc) is 2.46. The Bertz CT molecular complexity index is 288. The van der Waals surface area contributed by atoms with Crippen LogP contribution in [-0.4, -0.2) is 0 Å². The van der Waals surface area contributed by atoms with Gasteiger partial charge in [0.2, 0.25) is 0 Å². The molecule has 0 aromatic rings. The van der Waals surface area contributed by atoms with Crippen molar-refractivity contribution in [3.63, 3.8) is 0 Å². The van der Waals surface area contributed by atoms with Gasteiger partial charge in [0, 0.05) is 0 Å². The van der Waals surface area contributed by atoms with Gasteiger partial charge in [0.05, 0.1) is 0 Å². The van der Waals surface area contributed by atoms with E-state index in [1.807, 2.05) is 0 Å². The molecule has 5 atom stereocenters. The second kappa shape index (κ2) is 8.02. The van der Waals surface area contributed by atoms with Crippen LogP contribution in [0.4, 0.5) is 0 Å². The molecule has 1 saturated carbocycles. The third-order valence-electron chi connectivity index (χ3n) is 7.41. The molecule has 126 valence electrons. The summed E-state index contributed by atoms with van der Waals surface area (Å²) in [5.41, 5.74) is 0.559. The van der Waals surface area contributed by atoms with Crippen LogP contribution in [0.2, 0.25) is 0 Å². The molecule has 0 saturated heterocycles. The van der Waals surface area contributed by atoms with Gasteiger partial charge in [0.15, 0.2) is 0 Å². The summed E-state index contributed by atoms with van der Waals surface area (Å²) in [5, 5.41) is 0. The van der Waals surface area contributed by atoms with Gasteiger partial charge < -0.3 is 0 Å². The molecule has 1 aliphatic carbocycles. The lowest BCUT2D eigenvalue weighted by Crippen LogP contribution is -2.44. The molecule has 1 aliphatic rings. The van der Waals surface area contributed by atoms with Crippen LogP contribution in [0.1, 0.15) is 93.9 Å². The highest BCUT2D eigenvalue weighted by atomic mass is 14.5. The summed E-state index contributed by atoms with van der Waals surface area (Å²) in [6.45, 7) is 19.8. The summed E-state index contributed by atoms with van der Waals surface area (Å²) in [6, 6.07) is 0. The predicted octanol–water partition coefficient (Wildman–Crippen LogP) is 7.18. The number of rotatable bonds is 7. The third-order valence-corrected chi connectivity index (χ3v) is 7.41. The lowest BCUT2D eigenvalue weighted by molar-refractivity contribution is -0.0259. The van der Waals surface area contributed by atoms with Gasteiger partial charge in [-0.25, -0.2) is 0 Å². The normalized spacial score (nSPS) is 35.4. The molecule has 0 aromatic heterocycles. The molecule has 0 heterocycles. The van der Waals surface area contributed by atoms with E-state index in [2.05, 4.69) is 55.4 Å². The number of hydrogen-bond donors (Lipinski definition) is 0. The van der Waals surface area contributed by atoms with Gasteiger partial charge in [-0.2, -0.15) is 0 Å². The van der Waals surface area contributed by atoms with Gasteiger partial charge in [0.1, 0.15) is 0 Å². The highest BCUT2D eigenvalue weighted by Gasteiger charge is 2.45. The minimum atomic E-state index is 0.559. The van der Waals surface area contributed by atoms with Crippen molar-refractivity contribution in [2.24, 2.45) is 40.9 Å². The molecule has 0 aliphatic heterocycles. The molecule has 21 heavy (non-hydrogen) atoms. The Morgan fingerprint density at radius 2 is 1.62 bits per heavy atom. The van der Waals surface area contributed by atoms with Crippen molar-refractivity contribution >= 4 is 0 Å². The molecule has 0 radical (unpaired) electrons. The molecule has 0 nitrogen and oxygen atoms in total. The van der Waals surface area contributed by atoms with Crippen molar-refractivity contribution in [1.82, 2.24) is 0 Å². The summed E-state index contributed by atoms with van der Waals surface area (Å²) >= 11 is 0. The molecule has 0 aromatic carbocycles. The van der Waals surface area contributed by atoms with E-state index in [4.69, 9.17) is 0 Å². The van der Waals surface area contributed by atoms with Crippen LogP contribution in [0.15, 0.2) is 0 Å². The van der Waals surface area contributed by atoms with Gasteiger partial charge in [-0.1, -0.05) is 74.7 Å². The summed E-state index contributed by atoms with van der Waals surface area (Å²) in [5.74, 6) is 5.46. The second-order valence-corrected chi connectivity index (χ2v) is 8.74. The van der Waals surface area contributed by atoms with Crippen LogP contribution >= 0.6 is 0 Å². The van der Waals surface area contributed by atoms with Gasteiger partial charge in [-0.05, 0) is 60.2 Å². The van der Waals surface area contributed by atoms with Crippen molar-refractivity contribution < 1.29 is 0 Å². The first-order chi connectivity index (χ1) is 9.79. The molecule has 0 spiro atoms. The molecule has 5 unspecified atom stereocenters. The monoisotopic (exact) mass is 294 g/mol. The van der Waals surface area contributed by atoms with Crippen LogP contribution in [-0.2, 0) is 0 Å². The fourth-order valence-corrected chi connectivity index (χ4v) is 5.10. The van der Waals surface area contributed by atoms with Crippen molar-refractivity contribution in [1.29, 1.82) is 0 Å². The molecule has 0 bridgehead atoms. The SMILES string of the molecule is CCC(CC)CC(C)C1(C)CC(C(C)C)C(CC)CC1C. The first kappa shape index (κ1) is 19.0. The van der Waals surface area contributed by atoms with Crippen LogP contribution in [0.5, 0.6) is 0 Å². The van der Waals surface area contributed by atoms with Crippen LogP contribution in [0.25, 0.3) is 0 Å². The van der Waals surface area contributed by atoms with Gasteiger partial charge in [-0.3, -0.25) is 0 Å². The maximum absolute atomic E-state index is 2.62. The van der Waals surface area contributed by atoms with E-state index in [-0.39, 0.29) is 0 Å². The Morgan fingerprint density at radius 1 is 1.05 bits per heavy atom. The highest BCUT2D eigenvalue weighted by Crippen LogP contribution is 2.54. The molecule has 0 amide bonds. The predicted molar refractivity (Wildman–Crippen MR) is 96.5 cm³/mol. The largest absolute Gasteiger partial charge is 0.0651 e. The van der Waals surface area contributed by atoms with Crippen LogP contribution < -0.4 is 0 Å². The van der Waals surface area contributed by atoms with Gasteiger partial charge in [0.25, 0.3) is 0 Å². The third kappa shape index (κ3) is 4.26. The van der Waals surface area contributed by atoms with Crippen molar-refractivity contribution in [2.45, 2.75) is 93.9 Å². The number of hydrogen-bond acceptors (Lipinski definition) is 0. The van der Waals surface area contributed by atoms with Crippen molar-refractivity contribution in [3.8, 4) is 0 Å². The van der Waals surface area contributed by atoms with Gasteiger partial charge in [-0.15, -0.1) is 0 Å². The quantitative estimate of drug-likeness (QED) is 0.466. The first-order valence-corrected chi connectivity index (χ1v) is 9.79. The highest BCUT2D eigenvalue weighted by molar-refractivity contribution is 4.95. The summed E-state index contributed by atoms with van der Waals surface area (Å²) in [6.07, 6.45) is 8.46. The molecule has 0 N–H and O–H groups in total. The van der Waals surface area contributed by atoms with E-state index in [0.717, 1.165) is 35.5 Å². The van der Waals surface area contributed by atoms with Crippen molar-refractivity contribution in [2.75, 3.05) is 0 Å². The molecule has 1 rings (SSSR count). The molecular formula is C21H42. The van der Waals surface area contributed by atoms with E-state index >= 15 is 0 Å².